The van der Waals surface area contributed by atoms with E-state index in [0.29, 0.717) is 22.5 Å². The van der Waals surface area contributed by atoms with Gasteiger partial charge in [0.25, 0.3) is 17.7 Å². The number of fused-ring (bicyclic) bond motifs is 1. The van der Waals surface area contributed by atoms with E-state index in [2.05, 4.69) is 15.6 Å². The first-order valence-corrected chi connectivity index (χ1v) is 8.23. The van der Waals surface area contributed by atoms with Crippen LogP contribution in [0.2, 0.25) is 0 Å². The van der Waals surface area contributed by atoms with Gasteiger partial charge in [0.1, 0.15) is 5.56 Å². The van der Waals surface area contributed by atoms with Gasteiger partial charge in [0.05, 0.1) is 29.1 Å². The summed E-state index contributed by atoms with van der Waals surface area (Å²) in [6.45, 7) is 0.188. The van der Waals surface area contributed by atoms with Crippen LogP contribution in [-0.4, -0.2) is 50.6 Å². The summed E-state index contributed by atoms with van der Waals surface area (Å²) in [7, 11) is 1.75. The lowest BCUT2D eigenvalue weighted by Crippen LogP contribution is -2.38. The average Bonchev–Trinajstić information content (AvgIpc) is 3.37. The summed E-state index contributed by atoms with van der Waals surface area (Å²) < 4.78 is 6.74. The van der Waals surface area contributed by atoms with Crippen LogP contribution in [0.5, 0.6) is 0 Å². The Hall–Kier alpha value is -3.75. The molecule has 0 fully saturated rings. The van der Waals surface area contributed by atoms with E-state index in [1.165, 1.54) is 6.20 Å². The van der Waals surface area contributed by atoms with Crippen molar-refractivity contribution in [1.82, 2.24) is 25.2 Å². The Bertz CT molecular complexity index is 1020. The van der Waals surface area contributed by atoms with E-state index < -0.39 is 5.91 Å². The van der Waals surface area contributed by atoms with Crippen LogP contribution >= 0.6 is 0 Å². The van der Waals surface area contributed by atoms with E-state index in [9.17, 15) is 14.4 Å². The number of aromatic nitrogens is 3. The molecule has 9 heteroatoms. The van der Waals surface area contributed by atoms with Crippen LogP contribution in [0.3, 0.4) is 0 Å². The second kappa shape index (κ2) is 6.52. The van der Waals surface area contributed by atoms with E-state index in [1.54, 1.807) is 48.4 Å². The highest BCUT2D eigenvalue weighted by Crippen LogP contribution is 2.23. The minimum Gasteiger partial charge on any atom is -0.355 e. The van der Waals surface area contributed by atoms with Gasteiger partial charge in [-0.3, -0.25) is 24.0 Å². The molecule has 0 saturated heterocycles. The Balaban J connectivity index is 1.41. The van der Waals surface area contributed by atoms with Gasteiger partial charge in [-0.15, -0.1) is 0 Å². The zero-order valence-electron chi connectivity index (χ0n) is 14.4. The molecule has 0 aliphatic carbocycles. The van der Waals surface area contributed by atoms with Crippen LogP contribution in [0.25, 0.3) is 11.3 Å². The number of carbonyl (C=O) groups is 3. The van der Waals surface area contributed by atoms with E-state index in [0.717, 1.165) is 4.90 Å². The summed E-state index contributed by atoms with van der Waals surface area (Å²) in [6.07, 6.45) is 4.59. The fourth-order valence-electron chi connectivity index (χ4n) is 2.97. The van der Waals surface area contributed by atoms with E-state index >= 15 is 0 Å². The van der Waals surface area contributed by atoms with Crippen LogP contribution in [0.15, 0.2) is 47.4 Å². The number of aryl methyl sites for hydroxylation is 1. The van der Waals surface area contributed by atoms with Crippen molar-refractivity contribution >= 4 is 17.7 Å². The lowest BCUT2D eigenvalue weighted by Gasteiger charge is -2.14. The van der Waals surface area contributed by atoms with Gasteiger partial charge in [0, 0.05) is 26.3 Å². The lowest BCUT2D eigenvalue weighted by molar-refractivity contribution is 0.0650. The van der Waals surface area contributed by atoms with Gasteiger partial charge in [-0.05, 0) is 12.1 Å². The Morgan fingerprint density at radius 3 is 2.48 bits per heavy atom. The topological polar surface area (TPSA) is 110 Å². The van der Waals surface area contributed by atoms with Crippen molar-refractivity contribution in [2.75, 3.05) is 13.1 Å². The molecule has 3 amide bonds. The molecule has 0 spiro atoms. The quantitative estimate of drug-likeness (QED) is 0.678. The van der Waals surface area contributed by atoms with Crippen molar-refractivity contribution in [2.45, 2.75) is 0 Å². The Kier molecular flexibility index (Phi) is 4.03. The third-order valence-electron chi connectivity index (χ3n) is 4.28. The van der Waals surface area contributed by atoms with Crippen molar-refractivity contribution in [3.05, 3.63) is 59.5 Å². The standard InChI is InChI=1S/C18H15N5O4/c1-22-10-11(8-20-22)15-14(9-21-27-15)16(24)19-6-7-23-17(25)12-4-2-3-5-13(12)18(23)26/h2-5,8-10H,6-7H2,1H3,(H,19,24). The van der Waals surface area contributed by atoms with Gasteiger partial charge in [-0.2, -0.15) is 5.10 Å². The smallest absolute Gasteiger partial charge is 0.261 e. The van der Waals surface area contributed by atoms with Crippen LogP contribution < -0.4 is 5.32 Å². The first-order chi connectivity index (χ1) is 13.1. The van der Waals surface area contributed by atoms with Crippen molar-refractivity contribution in [2.24, 2.45) is 7.05 Å². The number of imide groups is 1. The summed E-state index contributed by atoms with van der Waals surface area (Å²) in [5, 5.41) is 10.4. The van der Waals surface area contributed by atoms with E-state index in [1.807, 2.05) is 0 Å². The molecule has 3 heterocycles. The molecule has 0 unspecified atom stereocenters. The van der Waals surface area contributed by atoms with Gasteiger partial charge in [-0.1, -0.05) is 17.3 Å². The molecule has 1 aliphatic heterocycles. The van der Waals surface area contributed by atoms with Gasteiger partial charge in [0.2, 0.25) is 0 Å². The molecule has 2 aromatic heterocycles. The zero-order valence-corrected chi connectivity index (χ0v) is 14.4. The Morgan fingerprint density at radius 1 is 1.15 bits per heavy atom. The molecule has 3 aromatic rings. The average molecular weight is 365 g/mol. The number of rotatable bonds is 5. The van der Waals surface area contributed by atoms with Gasteiger partial charge in [-0.25, -0.2) is 0 Å². The maximum Gasteiger partial charge on any atom is 0.261 e. The molecule has 0 atom stereocenters. The molecule has 136 valence electrons. The van der Waals surface area contributed by atoms with E-state index in [4.69, 9.17) is 4.52 Å². The fourth-order valence-corrected chi connectivity index (χ4v) is 2.97. The Morgan fingerprint density at radius 2 is 1.85 bits per heavy atom. The highest BCUT2D eigenvalue weighted by Gasteiger charge is 2.34. The largest absolute Gasteiger partial charge is 0.355 e. The monoisotopic (exact) mass is 365 g/mol. The van der Waals surface area contributed by atoms with Crippen LogP contribution in [-0.2, 0) is 7.05 Å². The minimum absolute atomic E-state index is 0.0750. The third kappa shape index (κ3) is 2.88. The number of nitrogens with zero attached hydrogens (tertiary/aromatic N) is 4. The van der Waals surface area contributed by atoms with Gasteiger partial charge in [0.15, 0.2) is 5.76 Å². The highest BCUT2D eigenvalue weighted by atomic mass is 16.5. The summed E-state index contributed by atoms with van der Waals surface area (Å²) in [4.78, 5) is 38.2. The molecule has 9 nitrogen and oxygen atoms in total. The predicted molar refractivity (Wildman–Crippen MR) is 92.8 cm³/mol. The first-order valence-electron chi connectivity index (χ1n) is 8.23. The number of nitrogens with one attached hydrogen (secondary N) is 1. The van der Waals surface area contributed by atoms with Crippen molar-refractivity contribution in [3.8, 4) is 11.3 Å². The SMILES string of the molecule is Cn1cc(-c2oncc2C(=O)NCCN2C(=O)c3ccccc3C2=O)cn1. The van der Waals surface area contributed by atoms with Crippen molar-refractivity contribution in [1.29, 1.82) is 0 Å². The van der Waals surface area contributed by atoms with Crippen LogP contribution in [0.1, 0.15) is 31.1 Å². The molecule has 1 N–H and O–H groups in total. The molecule has 27 heavy (non-hydrogen) atoms. The second-order valence-corrected chi connectivity index (χ2v) is 6.03. The zero-order chi connectivity index (χ0) is 19.0. The normalized spacial score (nSPS) is 13.1. The highest BCUT2D eigenvalue weighted by molar-refractivity contribution is 6.21. The number of benzene rings is 1. The maximum atomic E-state index is 12.4. The summed E-state index contributed by atoms with van der Waals surface area (Å²) in [5.74, 6) is -0.815. The summed E-state index contributed by atoms with van der Waals surface area (Å²) in [5.41, 5.74) is 1.64. The van der Waals surface area contributed by atoms with Crippen LogP contribution in [0.4, 0.5) is 0 Å². The number of hydrogen-bond donors (Lipinski definition) is 1. The molecular weight excluding hydrogens is 350 g/mol. The third-order valence-corrected chi connectivity index (χ3v) is 4.28. The first kappa shape index (κ1) is 16.7. The second-order valence-electron chi connectivity index (χ2n) is 6.03. The van der Waals surface area contributed by atoms with Crippen molar-refractivity contribution < 1.29 is 18.9 Å². The molecule has 4 rings (SSSR count). The molecule has 1 aromatic carbocycles. The molecule has 0 radical (unpaired) electrons. The molecular formula is C18H15N5O4. The Labute approximate surface area is 153 Å². The minimum atomic E-state index is -0.410. The number of hydrogen-bond acceptors (Lipinski definition) is 6. The number of amides is 3. The van der Waals surface area contributed by atoms with Gasteiger partial charge >= 0.3 is 0 Å². The van der Waals surface area contributed by atoms with Gasteiger partial charge < -0.3 is 9.84 Å². The molecule has 0 saturated carbocycles. The van der Waals surface area contributed by atoms with Crippen molar-refractivity contribution in [3.63, 3.8) is 0 Å². The van der Waals surface area contributed by atoms with E-state index in [-0.39, 0.29) is 30.5 Å². The fraction of sp³-hybridized carbons (Fsp3) is 0.167. The number of carbonyl (C=O) groups excluding carboxylic acids is 3. The predicted octanol–water partition coefficient (Wildman–Crippen LogP) is 1.10. The lowest BCUT2D eigenvalue weighted by atomic mass is 10.1. The summed E-state index contributed by atoms with van der Waals surface area (Å²) in [6, 6.07) is 6.65. The maximum absolute atomic E-state index is 12.4. The summed E-state index contributed by atoms with van der Waals surface area (Å²) >= 11 is 0. The molecule has 0 bridgehead atoms. The molecule has 1 aliphatic rings. The van der Waals surface area contributed by atoms with Crippen LogP contribution in [0, 0.1) is 0 Å².